The molecule has 1 fully saturated rings. The number of ether oxygens (including phenoxy) is 1. The van der Waals surface area contributed by atoms with Crippen molar-refractivity contribution < 1.29 is 19.4 Å². The van der Waals surface area contributed by atoms with Gasteiger partial charge in [-0.2, -0.15) is 0 Å². The maximum absolute atomic E-state index is 12.2. The predicted molar refractivity (Wildman–Crippen MR) is 66.4 cm³/mol. The van der Waals surface area contributed by atoms with Crippen LogP contribution in [0.5, 0.6) is 0 Å². The van der Waals surface area contributed by atoms with Crippen molar-refractivity contribution in [1.29, 1.82) is 0 Å². The normalized spacial score (nSPS) is 22.2. The van der Waals surface area contributed by atoms with Gasteiger partial charge in [0.15, 0.2) is 0 Å². The topological polar surface area (TPSA) is 70.1 Å². The van der Waals surface area contributed by atoms with Crippen LogP contribution < -0.4 is 0 Å². The fourth-order valence-corrected chi connectivity index (χ4v) is 1.98. The third-order valence-corrected chi connectivity index (χ3v) is 3.02. The van der Waals surface area contributed by atoms with E-state index in [0.717, 1.165) is 6.42 Å². The van der Waals surface area contributed by atoms with Crippen molar-refractivity contribution in [3.63, 3.8) is 0 Å². The molecule has 18 heavy (non-hydrogen) atoms. The van der Waals surface area contributed by atoms with Crippen LogP contribution in [0, 0.1) is 5.92 Å². The summed E-state index contributed by atoms with van der Waals surface area (Å²) in [5, 5.41) is 8.84. The number of aliphatic carboxylic acids is 1. The number of rotatable bonds is 3. The van der Waals surface area contributed by atoms with Crippen LogP contribution >= 0.6 is 0 Å². The Morgan fingerprint density at radius 3 is 2.83 bits per heavy atom. The van der Waals surface area contributed by atoms with E-state index >= 15 is 0 Å². The summed E-state index contributed by atoms with van der Waals surface area (Å²) < 4.78 is 5.48. The molecule has 104 valence electrons. The number of amides is 2. The van der Waals surface area contributed by atoms with Gasteiger partial charge < -0.3 is 19.6 Å². The number of carbonyl (C=O) groups is 2. The molecule has 1 aliphatic heterocycles. The average Bonchev–Trinajstić information content (AvgIpc) is 2.52. The molecular weight excluding hydrogens is 236 g/mol. The lowest BCUT2D eigenvalue weighted by atomic mass is 10.2. The van der Waals surface area contributed by atoms with E-state index in [-0.39, 0.29) is 18.7 Å². The Morgan fingerprint density at radius 1 is 1.56 bits per heavy atom. The number of urea groups is 1. The first-order valence-corrected chi connectivity index (χ1v) is 6.26. The molecule has 1 heterocycles. The van der Waals surface area contributed by atoms with Crippen molar-refractivity contribution in [2.45, 2.75) is 26.4 Å². The molecular formula is C12H22N2O4. The minimum atomic E-state index is -0.887. The van der Waals surface area contributed by atoms with Gasteiger partial charge in [-0.25, -0.2) is 4.79 Å². The van der Waals surface area contributed by atoms with E-state index in [4.69, 9.17) is 9.84 Å². The van der Waals surface area contributed by atoms with Crippen LogP contribution in [0.1, 0.15) is 20.3 Å². The SMILES string of the molecule is CC1CN(C(=O)N(C)CC(C)C(=O)O)CCCO1. The van der Waals surface area contributed by atoms with Crippen molar-refractivity contribution >= 4 is 12.0 Å². The molecule has 6 nitrogen and oxygen atoms in total. The lowest BCUT2D eigenvalue weighted by Crippen LogP contribution is -2.45. The zero-order valence-corrected chi connectivity index (χ0v) is 11.3. The summed E-state index contributed by atoms with van der Waals surface area (Å²) in [5.41, 5.74) is 0. The molecule has 0 spiro atoms. The number of hydrogen-bond donors (Lipinski definition) is 1. The minimum Gasteiger partial charge on any atom is -0.481 e. The van der Waals surface area contributed by atoms with E-state index in [9.17, 15) is 9.59 Å². The molecule has 2 amide bonds. The van der Waals surface area contributed by atoms with E-state index in [1.165, 1.54) is 4.90 Å². The van der Waals surface area contributed by atoms with E-state index in [2.05, 4.69) is 0 Å². The molecule has 0 saturated carbocycles. The monoisotopic (exact) mass is 258 g/mol. The molecule has 0 radical (unpaired) electrons. The third-order valence-electron chi connectivity index (χ3n) is 3.02. The summed E-state index contributed by atoms with van der Waals surface area (Å²) in [5.74, 6) is -1.44. The van der Waals surface area contributed by atoms with Crippen LogP contribution in [0.15, 0.2) is 0 Å². The van der Waals surface area contributed by atoms with Gasteiger partial charge in [0.05, 0.1) is 12.0 Å². The quantitative estimate of drug-likeness (QED) is 0.815. The van der Waals surface area contributed by atoms with Gasteiger partial charge in [0.2, 0.25) is 0 Å². The van der Waals surface area contributed by atoms with Gasteiger partial charge in [0.1, 0.15) is 0 Å². The van der Waals surface area contributed by atoms with Gasteiger partial charge in [-0.1, -0.05) is 6.92 Å². The van der Waals surface area contributed by atoms with Gasteiger partial charge in [-0.3, -0.25) is 4.79 Å². The maximum atomic E-state index is 12.2. The fraction of sp³-hybridized carbons (Fsp3) is 0.833. The average molecular weight is 258 g/mol. The molecule has 1 aliphatic rings. The molecule has 0 aromatic carbocycles. The Morgan fingerprint density at radius 2 is 2.22 bits per heavy atom. The van der Waals surface area contributed by atoms with Crippen molar-refractivity contribution in [1.82, 2.24) is 9.80 Å². The molecule has 0 aromatic rings. The zero-order valence-electron chi connectivity index (χ0n) is 11.3. The molecule has 2 unspecified atom stereocenters. The number of carboxylic acids is 1. The largest absolute Gasteiger partial charge is 0.481 e. The molecule has 0 aromatic heterocycles. The van der Waals surface area contributed by atoms with E-state index in [0.29, 0.717) is 19.7 Å². The van der Waals surface area contributed by atoms with Crippen LogP contribution in [0.4, 0.5) is 4.79 Å². The molecule has 6 heteroatoms. The zero-order chi connectivity index (χ0) is 13.7. The second-order valence-corrected chi connectivity index (χ2v) is 4.88. The van der Waals surface area contributed by atoms with Gasteiger partial charge in [0, 0.05) is 33.3 Å². The van der Waals surface area contributed by atoms with Crippen LogP contribution in [0.2, 0.25) is 0 Å². The fourth-order valence-electron chi connectivity index (χ4n) is 1.98. The Bertz CT molecular complexity index is 308. The standard InChI is InChI=1S/C12H22N2O4/c1-9(11(15)16)7-13(3)12(17)14-5-4-6-18-10(2)8-14/h9-10H,4-8H2,1-3H3,(H,15,16). The lowest BCUT2D eigenvalue weighted by molar-refractivity contribution is -0.141. The van der Waals surface area contributed by atoms with Gasteiger partial charge in [0.25, 0.3) is 0 Å². The van der Waals surface area contributed by atoms with Crippen molar-refractivity contribution in [3.05, 3.63) is 0 Å². The number of carbonyl (C=O) groups excluding carboxylic acids is 1. The van der Waals surface area contributed by atoms with Crippen molar-refractivity contribution in [2.24, 2.45) is 5.92 Å². The Kier molecular flexibility index (Phi) is 5.40. The highest BCUT2D eigenvalue weighted by Gasteiger charge is 2.24. The maximum Gasteiger partial charge on any atom is 0.319 e. The highest BCUT2D eigenvalue weighted by atomic mass is 16.5. The first-order chi connectivity index (χ1) is 8.41. The van der Waals surface area contributed by atoms with Gasteiger partial charge in [-0.05, 0) is 13.3 Å². The molecule has 1 N–H and O–H groups in total. The number of nitrogens with zero attached hydrogens (tertiary/aromatic N) is 2. The van der Waals surface area contributed by atoms with Gasteiger partial charge in [-0.15, -0.1) is 0 Å². The highest BCUT2D eigenvalue weighted by molar-refractivity contribution is 5.76. The summed E-state index contributed by atoms with van der Waals surface area (Å²) in [4.78, 5) is 26.1. The summed E-state index contributed by atoms with van der Waals surface area (Å²) >= 11 is 0. The van der Waals surface area contributed by atoms with Crippen molar-refractivity contribution in [3.8, 4) is 0 Å². The molecule has 1 saturated heterocycles. The first kappa shape index (κ1) is 14.8. The summed E-state index contributed by atoms with van der Waals surface area (Å²) in [7, 11) is 1.64. The van der Waals surface area contributed by atoms with Crippen LogP contribution in [-0.4, -0.2) is 66.3 Å². The Balaban J connectivity index is 2.53. The van der Waals surface area contributed by atoms with Crippen LogP contribution in [-0.2, 0) is 9.53 Å². The number of carboxylic acid groups (broad SMARTS) is 1. The Labute approximate surface area is 107 Å². The van der Waals surface area contributed by atoms with E-state index < -0.39 is 11.9 Å². The number of hydrogen-bond acceptors (Lipinski definition) is 3. The minimum absolute atomic E-state index is 0.0294. The van der Waals surface area contributed by atoms with E-state index in [1.807, 2.05) is 6.92 Å². The van der Waals surface area contributed by atoms with E-state index in [1.54, 1.807) is 18.9 Å². The first-order valence-electron chi connectivity index (χ1n) is 6.26. The lowest BCUT2D eigenvalue weighted by Gasteiger charge is -2.28. The smallest absolute Gasteiger partial charge is 0.319 e. The van der Waals surface area contributed by atoms with Crippen molar-refractivity contribution in [2.75, 3.05) is 33.3 Å². The summed E-state index contributed by atoms with van der Waals surface area (Å²) in [6, 6.07) is -0.125. The Hall–Kier alpha value is -1.30. The van der Waals surface area contributed by atoms with Crippen LogP contribution in [0.3, 0.4) is 0 Å². The third kappa shape index (κ3) is 4.18. The summed E-state index contributed by atoms with van der Waals surface area (Å²) in [6.45, 7) is 5.64. The van der Waals surface area contributed by atoms with Gasteiger partial charge >= 0.3 is 12.0 Å². The molecule has 2 atom stereocenters. The predicted octanol–water partition coefficient (Wildman–Crippen LogP) is 0.870. The second-order valence-electron chi connectivity index (χ2n) is 4.88. The van der Waals surface area contributed by atoms with Crippen LogP contribution in [0.25, 0.3) is 0 Å². The molecule has 0 bridgehead atoms. The highest BCUT2D eigenvalue weighted by Crippen LogP contribution is 2.09. The molecule has 1 rings (SSSR count). The summed E-state index contributed by atoms with van der Waals surface area (Å²) in [6.07, 6.45) is 0.847. The molecule has 0 aliphatic carbocycles. The second kappa shape index (κ2) is 6.58.